The number of nitrogens with one attached hydrogen (secondary N) is 1. The molecule has 4 atom stereocenters. The lowest BCUT2D eigenvalue weighted by Crippen LogP contribution is -2.57. The minimum atomic E-state index is -1.67. The summed E-state index contributed by atoms with van der Waals surface area (Å²) in [6, 6.07) is 20.3. The lowest BCUT2D eigenvalue weighted by Gasteiger charge is -2.31. The van der Waals surface area contributed by atoms with Crippen LogP contribution in [-0.4, -0.2) is 47.0 Å². The number of carbonyl (C=O) groups is 3. The number of carboxylic acids is 1. The summed E-state index contributed by atoms with van der Waals surface area (Å²) in [5, 5.41) is 16.1. The van der Waals surface area contributed by atoms with E-state index >= 15 is 0 Å². The monoisotopic (exact) mass is 540 g/mol. The molecule has 2 aliphatic heterocycles. The first-order chi connectivity index (χ1) is 19.4. The Bertz CT molecular complexity index is 1450. The van der Waals surface area contributed by atoms with E-state index in [-0.39, 0.29) is 18.9 Å². The number of allylic oxidation sites excluding steroid dienone is 1. The van der Waals surface area contributed by atoms with Crippen LogP contribution in [0.25, 0.3) is 10.8 Å². The summed E-state index contributed by atoms with van der Waals surface area (Å²) in [6.07, 6.45) is 7.82. The predicted molar refractivity (Wildman–Crippen MR) is 154 cm³/mol. The van der Waals surface area contributed by atoms with E-state index in [2.05, 4.69) is 18.3 Å². The Morgan fingerprint density at radius 3 is 2.48 bits per heavy atom. The molecule has 7 heteroatoms. The molecule has 0 radical (unpaired) electrons. The van der Waals surface area contributed by atoms with Crippen LogP contribution in [0, 0.1) is 11.8 Å². The first-order valence-electron chi connectivity index (χ1n) is 14.0. The summed E-state index contributed by atoms with van der Waals surface area (Å²) in [6.45, 7) is 2.37. The number of hydrogen-bond acceptors (Lipinski definition) is 5. The van der Waals surface area contributed by atoms with E-state index in [0.29, 0.717) is 17.7 Å². The maximum atomic E-state index is 14.0. The van der Waals surface area contributed by atoms with Crippen LogP contribution in [0.2, 0.25) is 0 Å². The molecule has 4 unspecified atom stereocenters. The molecule has 2 saturated heterocycles. The van der Waals surface area contributed by atoms with Crippen LogP contribution in [0.15, 0.2) is 78.9 Å². The highest BCUT2D eigenvalue weighted by molar-refractivity contribution is 6.09. The van der Waals surface area contributed by atoms with Gasteiger partial charge in [-0.1, -0.05) is 92.6 Å². The highest BCUT2D eigenvalue weighted by Gasteiger charge is 2.68. The van der Waals surface area contributed by atoms with Gasteiger partial charge in [-0.15, -0.1) is 0 Å². The van der Waals surface area contributed by atoms with Gasteiger partial charge in [-0.3, -0.25) is 24.6 Å². The molecule has 208 valence electrons. The third-order valence-corrected chi connectivity index (χ3v) is 8.31. The molecule has 7 nitrogen and oxygen atoms in total. The van der Waals surface area contributed by atoms with E-state index in [0.717, 1.165) is 35.6 Å². The van der Waals surface area contributed by atoms with Crippen molar-refractivity contribution in [2.45, 2.75) is 50.6 Å². The largest absolute Gasteiger partial charge is 0.496 e. The van der Waals surface area contributed by atoms with Gasteiger partial charge in [0.1, 0.15) is 11.3 Å². The van der Waals surface area contributed by atoms with Crippen LogP contribution < -0.4 is 10.1 Å². The molecule has 5 rings (SSSR count). The van der Waals surface area contributed by atoms with E-state index in [9.17, 15) is 19.5 Å². The average Bonchev–Trinajstić information content (AvgIpc) is 3.44. The van der Waals surface area contributed by atoms with E-state index in [4.69, 9.17) is 4.74 Å². The maximum absolute atomic E-state index is 14.0. The number of amides is 2. The molecule has 0 aliphatic carbocycles. The van der Waals surface area contributed by atoms with Gasteiger partial charge in [-0.25, -0.2) is 0 Å². The van der Waals surface area contributed by atoms with Crippen LogP contribution in [0.3, 0.4) is 0 Å². The van der Waals surface area contributed by atoms with Gasteiger partial charge in [0.05, 0.1) is 18.9 Å². The van der Waals surface area contributed by atoms with E-state index in [1.54, 1.807) is 13.2 Å². The first-order valence-corrected chi connectivity index (χ1v) is 14.0. The highest BCUT2D eigenvalue weighted by atomic mass is 16.5. The van der Waals surface area contributed by atoms with Crippen LogP contribution in [0.4, 0.5) is 0 Å². The summed E-state index contributed by atoms with van der Waals surface area (Å²) in [4.78, 5) is 42.3. The maximum Gasteiger partial charge on any atom is 0.325 e. The molecular weight excluding hydrogens is 504 g/mol. The van der Waals surface area contributed by atoms with Gasteiger partial charge in [0.25, 0.3) is 0 Å². The number of imide groups is 1. The zero-order valence-electron chi connectivity index (χ0n) is 23.0. The van der Waals surface area contributed by atoms with Crippen molar-refractivity contribution in [1.82, 2.24) is 10.2 Å². The summed E-state index contributed by atoms with van der Waals surface area (Å²) in [5.74, 6) is -3.27. The number of ether oxygens (including phenoxy) is 1. The number of carbonyl (C=O) groups excluding carboxylic acids is 2. The van der Waals surface area contributed by atoms with Gasteiger partial charge in [-0.05, 0) is 35.2 Å². The number of hydrogen-bond donors (Lipinski definition) is 2. The Morgan fingerprint density at radius 2 is 1.73 bits per heavy atom. The number of fused-ring (bicyclic) bond motifs is 2. The SMILES string of the molecule is CCCC/C=C/CCN1C(=O)C2C(c3ccccc3OC)NC(Cc3ccc4ccccc4c3)(C(=O)O)C2C1=O. The Labute approximate surface area is 234 Å². The van der Waals surface area contributed by atoms with E-state index in [1.165, 1.54) is 4.90 Å². The second-order valence-electron chi connectivity index (χ2n) is 10.7. The van der Waals surface area contributed by atoms with Crippen LogP contribution in [-0.2, 0) is 20.8 Å². The Balaban J connectivity index is 1.54. The number of rotatable bonds is 11. The second-order valence-corrected chi connectivity index (χ2v) is 10.7. The topological polar surface area (TPSA) is 95.9 Å². The predicted octanol–water partition coefficient (Wildman–Crippen LogP) is 5.30. The molecule has 2 fully saturated rings. The number of benzene rings is 3. The summed E-state index contributed by atoms with van der Waals surface area (Å²) in [7, 11) is 1.55. The summed E-state index contributed by atoms with van der Waals surface area (Å²) < 4.78 is 5.60. The number of carboxylic acid groups (broad SMARTS) is 1. The number of methoxy groups -OCH3 is 1. The van der Waals surface area contributed by atoms with Gasteiger partial charge in [0.15, 0.2) is 0 Å². The quantitative estimate of drug-likeness (QED) is 0.195. The second kappa shape index (κ2) is 11.6. The van der Waals surface area contributed by atoms with Crippen molar-refractivity contribution in [3.05, 3.63) is 90.0 Å². The van der Waals surface area contributed by atoms with Gasteiger partial charge in [-0.2, -0.15) is 0 Å². The third-order valence-electron chi connectivity index (χ3n) is 8.31. The fraction of sp³-hybridized carbons (Fsp3) is 0.364. The number of nitrogens with zero attached hydrogens (tertiary/aromatic N) is 1. The van der Waals surface area contributed by atoms with Crippen molar-refractivity contribution >= 4 is 28.6 Å². The van der Waals surface area contributed by atoms with Crippen molar-refractivity contribution in [3.63, 3.8) is 0 Å². The van der Waals surface area contributed by atoms with Gasteiger partial charge < -0.3 is 9.84 Å². The molecular formula is C33H36N2O5. The molecule has 2 aliphatic rings. The summed E-state index contributed by atoms with van der Waals surface area (Å²) in [5.41, 5.74) is -0.216. The molecule has 0 bridgehead atoms. The number of unbranched alkanes of at least 4 members (excludes halogenated alkanes) is 2. The zero-order valence-corrected chi connectivity index (χ0v) is 23.0. The average molecular weight is 541 g/mol. The van der Waals surface area contributed by atoms with Gasteiger partial charge >= 0.3 is 5.97 Å². The molecule has 3 aromatic rings. The smallest absolute Gasteiger partial charge is 0.325 e. The highest BCUT2D eigenvalue weighted by Crippen LogP contribution is 2.51. The van der Waals surface area contributed by atoms with Crippen molar-refractivity contribution in [2.24, 2.45) is 11.8 Å². The Kier molecular flexibility index (Phi) is 8.03. The van der Waals surface area contributed by atoms with Gasteiger partial charge in [0, 0.05) is 24.6 Å². The van der Waals surface area contributed by atoms with Crippen LogP contribution in [0.5, 0.6) is 5.75 Å². The van der Waals surface area contributed by atoms with E-state index in [1.807, 2.05) is 66.7 Å². The molecule has 2 amide bonds. The lowest BCUT2D eigenvalue weighted by atomic mass is 9.76. The van der Waals surface area contributed by atoms with Crippen LogP contribution in [0.1, 0.15) is 49.8 Å². The van der Waals surface area contributed by atoms with Gasteiger partial charge in [0.2, 0.25) is 11.8 Å². The summed E-state index contributed by atoms with van der Waals surface area (Å²) >= 11 is 0. The first kappa shape index (κ1) is 27.6. The minimum Gasteiger partial charge on any atom is -0.496 e. The number of likely N-dealkylation sites (tertiary alicyclic amines) is 1. The molecule has 2 N–H and O–H groups in total. The fourth-order valence-corrected chi connectivity index (χ4v) is 6.34. The van der Waals surface area contributed by atoms with Crippen LogP contribution >= 0.6 is 0 Å². The standard InChI is InChI=1S/C33H36N2O5/c1-3-4-5-6-7-12-19-35-30(36)27-28(31(35)37)33(32(38)39,34-29(27)25-15-10-11-16-26(25)40-2)21-22-17-18-23-13-8-9-14-24(23)20-22/h6-11,13-18,20,27-29,34H,3-5,12,19,21H2,1-2H3,(H,38,39)/b7-6+. The normalized spacial score (nSPS) is 24.2. The minimum absolute atomic E-state index is 0.0593. The Morgan fingerprint density at radius 1 is 1.00 bits per heavy atom. The van der Waals surface area contributed by atoms with Crippen molar-refractivity contribution in [2.75, 3.05) is 13.7 Å². The molecule has 0 saturated carbocycles. The third kappa shape index (κ3) is 4.90. The molecule has 0 aromatic heterocycles. The molecule has 0 spiro atoms. The van der Waals surface area contributed by atoms with E-state index < -0.39 is 35.3 Å². The van der Waals surface area contributed by atoms with Crippen molar-refractivity contribution < 1.29 is 24.2 Å². The fourth-order valence-electron chi connectivity index (χ4n) is 6.34. The van der Waals surface area contributed by atoms with Crippen molar-refractivity contribution in [3.8, 4) is 5.75 Å². The molecule has 3 aromatic carbocycles. The van der Waals surface area contributed by atoms with Crippen molar-refractivity contribution in [1.29, 1.82) is 0 Å². The molecule has 40 heavy (non-hydrogen) atoms. The lowest BCUT2D eigenvalue weighted by molar-refractivity contribution is -0.151. The Hall–Kier alpha value is -3.97. The number of para-hydroxylation sites is 1. The number of aliphatic carboxylic acids is 1. The molecule has 2 heterocycles. The zero-order chi connectivity index (χ0) is 28.3.